The van der Waals surface area contributed by atoms with Gasteiger partial charge in [0.05, 0.1) is 11.3 Å². The van der Waals surface area contributed by atoms with Crippen LogP contribution < -0.4 is 5.32 Å². The number of nitrogens with one attached hydrogen (secondary N) is 1. The van der Waals surface area contributed by atoms with Gasteiger partial charge in [0.1, 0.15) is 11.6 Å². The Hall–Kier alpha value is -3.22. The first-order chi connectivity index (χ1) is 12.0. The van der Waals surface area contributed by atoms with Crippen LogP contribution >= 0.6 is 0 Å². The second kappa shape index (κ2) is 6.72. The van der Waals surface area contributed by atoms with Gasteiger partial charge in [-0.3, -0.25) is 4.79 Å². The lowest BCUT2D eigenvalue weighted by Gasteiger charge is -2.14. The lowest BCUT2D eigenvalue weighted by atomic mass is 10.0. The predicted molar refractivity (Wildman–Crippen MR) is 91.5 cm³/mol. The molecule has 2 aromatic heterocycles. The molecule has 1 amide bonds. The topological polar surface area (TPSA) is 96.6 Å². The van der Waals surface area contributed by atoms with Crippen molar-refractivity contribution in [1.82, 2.24) is 20.1 Å². The Morgan fingerprint density at radius 3 is 2.60 bits per heavy atom. The molecule has 7 nitrogen and oxygen atoms in total. The molecular weight excluding hydrogens is 320 g/mol. The number of aryl methyl sites for hydroxylation is 2. The molecule has 0 aliphatic rings. The van der Waals surface area contributed by atoms with Crippen LogP contribution in [0.3, 0.4) is 0 Å². The van der Waals surface area contributed by atoms with Crippen molar-refractivity contribution in [2.24, 2.45) is 0 Å². The highest BCUT2D eigenvalue weighted by atomic mass is 16.4. The number of rotatable bonds is 5. The van der Waals surface area contributed by atoms with Crippen LogP contribution in [0.15, 0.2) is 42.6 Å². The Balaban J connectivity index is 1.84. The molecule has 128 valence electrons. The molecule has 0 unspecified atom stereocenters. The Kier molecular flexibility index (Phi) is 4.47. The van der Waals surface area contributed by atoms with E-state index >= 15 is 0 Å². The number of benzene rings is 1. The van der Waals surface area contributed by atoms with Crippen LogP contribution in [0.25, 0.3) is 5.52 Å². The second-order valence-electron chi connectivity index (χ2n) is 5.91. The molecule has 3 aromatic rings. The highest BCUT2D eigenvalue weighted by Gasteiger charge is 2.24. The molecule has 3 rings (SSSR count). The Morgan fingerprint density at radius 2 is 1.92 bits per heavy atom. The van der Waals surface area contributed by atoms with Crippen LogP contribution in [-0.2, 0) is 11.2 Å². The SMILES string of the molecule is Cc1ccc(C[C@@H](NC(=O)c2c(C)nn3ncccc23)C(=O)O)cc1. The molecule has 0 bridgehead atoms. The fraction of sp³-hybridized carbons (Fsp3) is 0.222. The Labute approximate surface area is 144 Å². The maximum Gasteiger partial charge on any atom is 0.326 e. The summed E-state index contributed by atoms with van der Waals surface area (Å²) < 4.78 is 1.36. The highest BCUT2D eigenvalue weighted by Crippen LogP contribution is 2.15. The lowest BCUT2D eigenvalue weighted by Crippen LogP contribution is -2.42. The van der Waals surface area contributed by atoms with Gasteiger partial charge >= 0.3 is 5.97 Å². The zero-order chi connectivity index (χ0) is 18.0. The van der Waals surface area contributed by atoms with Gasteiger partial charge in [-0.05, 0) is 31.5 Å². The van der Waals surface area contributed by atoms with Crippen LogP contribution in [0.1, 0.15) is 27.2 Å². The van der Waals surface area contributed by atoms with Gasteiger partial charge in [0, 0.05) is 12.6 Å². The van der Waals surface area contributed by atoms with Crippen molar-refractivity contribution in [3.05, 3.63) is 65.0 Å². The molecule has 0 aliphatic heterocycles. The van der Waals surface area contributed by atoms with Gasteiger partial charge in [-0.25, -0.2) is 4.79 Å². The Bertz CT molecular complexity index is 931. The number of carbonyl (C=O) groups is 2. The van der Waals surface area contributed by atoms with E-state index in [-0.39, 0.29) is 6.42 Å². The van der Waals surface area contributed by atoms with Gasteiger partial charge in [-0.15, -0.1) is 0 Å². The van der Waals surface area contributed by atoms with Crippen molar-refractivity contribution >= 4 is 17.4 Å². The summed E-state index contributed by atoms with van der Waals surface area (Å²) in [6, 6.07) is 9.95. The summed E-state index contributed by atoms with van der Waals surface area (Å²) in [7, 11) is 0. The van der Waals surface area contributed by atoms with Crippen molar-refractivity contribution in [2.75, 3.05) is 0 Å². The zero-order valence-corrected chi connectivity index (χ0v) is 13.9. The molecule has 0 aliphatic carbocycles. The van der Waals surface area contributed by atoms with Crippen LogP contribution in [0.2, 0.25) is 0 Å². The molecule has 0 fully saturated rings. The third kappa shape index (κ3) is 3.50. The van der Waals surface area contributed by atoms with Crippen molar-refractivity contribution in [3.63, 3.8) is 0 Å². The van der Waals surface area contributed by atoms with E-state index < -0.39 is 17.9 Å². The predicted octanol–water partition coefficient (Wildman–Crippen LogP) is 1.77. The van der Waals surface area contributed by atoms with Crippen molar-refractivity contribution < 1.29 is 14.7 Å². The van der Waals surface area contributed by atoms with Crippen LogP contribution in [-0.4, -0.2) is 37.9 Å². The summed E-state index contributed by atoms with van der Waals surface area (Å²) in [6.07, 6.45) is 1.77. The maximum absolute atomic E-state index is 12.6. The number of carboxylic acid groups (broad SMARTS) is 1. The third-order valence-electron chi connectivity index (χ3n) is 3.99. The lowest BCUT2D eigenvalue weighted by molar-refractivity contribution is -0.139. The summed E-state index contributed by atoms with van der Waals surface area (Å²) in [4.78, 5) is 24.2. The van der Waals surface area contributed by atoms with Gasteiger partial charge in [0.15, 0.2) is 0 Å². The fourth-order valence-electron chi connectivity index (χ4n) is 2.68. The van der Waals surface area contributed by atoms with Gasteiger partial charge < -0.3 is 10.4 Å². The fourth-order valence-corrected chi connectivity index (χ4v) is 2.68. The number of hydrogen-bond donors (Lipinski definition) is 2. The normalized spacial score (nSPS) is 12.1. The van der Waals surface area contributed by atoms with Gasteiger partial charge in [0.2, 0.25) is 0 Å². The average Bonchev–Trinajstić information content (AvgIpc) is 2.91. The molecule has 7 heteroatoms. The number of carbonyl (C=O) groups excluding carboxylic acids is 1. The number of nitrogens with zero attached hydrogens (tertiary/aromatic N) is 3. The van der Waals surface area contributed by atoms with E-state index in [1.54, 1.807) is 25.3 Å². The molecule has 1 aromatic carbocycles. The van der Waals surface area contributed by atoms with Crippen molar-refractivity contribution in [3.8, 4) is 0 Å². The van der Waals surface area contributed by atoms with E-state index in [2.05, 4.69) is 15.5 Å². The molecule has 1 atom stereocenters. The minimum Gasteiger partial charge on any atom is -0.480 e. The molecular formula is C18H18N4O3. The molecule has 0 saturated heterocycles. The zero-order valence-electron chi connectivity index (χ0n) is 13.9. The first kappa shape index (κ1) is 16.6. The monoisotopic (exact) mass is 338 g/mol. The minimum atomic E-state index is -1.08. The standard InChI is InChI=1S/C18H18N4O3/c1-11-5-7-13(8-6-11)10-14(18(24)25)20-17(23)16-12(2)21-22-15(16)4-3-9-19-22/h3-9,14H,10H2,1-2H3,(H,20,23)(H,24,25)/t14-/m1/s1. The smallest absolute Gasteiger partial charge is 0.326 e. The van der Waals surface area contributed by atoms with Gasteiger partial charge in [0.25, 0.3) is 5.91 Å². The first-order valence-electron chi connectivity index (χ1n) is 7.85. The van der Waals surface area contributed by atoms with Crippen LogP contribution in [0.4, 0.5) is 0 Å². The van der Waals surface area contributed by atoms with E-state index in [1.165, 1.54) is 4.63 Å². The summed E-state index contributed by atoms with van der Waals surface area (Å²) in [5.74, 6) is -1.55. The van der Waals surface area contributed by atoms with Crippen molar-refractivity contribution in [2.45, 2.75) is 26.3 Å². The van der Waals surface area contributed by atoms with E-state index in [9.17, 15) is 14.7 Å². The number of fused-ring (bicyclic) bond motifs is 1. The quantitative estimate of drug-likeness (QED) is 0.739. The minimum absolute atomic E-state index is 0.206. The first-order valence-corrected chi connectivity index (χ1v) is 7.85. The molecule has 0 radical (unpaired) electrons. The molecule has 0 saturated carbocycles. The number of aromatic nitrogens is 3. The van der Waals surface area contributed by atoms with E-state index in [1.807, 2.05) is 31.2 Å². The molecule has 0 spiro atoms. The average molecular weight is 338 g/mol. The number of aliphatic carboxylic acids is 1. The Morgan fingerprint density at radius 1 is 1.20 bits per heavy atom. The van der Waals surface area contributed by atoms with Gasteiger partial charge in [-0.1, -0.05) is 29.8 Å². The third-order valence-corrected chi connectivity index (χ3v) is 3.99. The summed E-state index contributed by atoms with van der Waals surface area (Å²) >= 11 is 0. The number of carboxylic acids is 1. The maximum atomic E-state index is 12.6. The highest BCUT2D eigenvalue weighted by molar-refractivity contribution is 6.03. The molecule has 25 heavy (non-hydrogen) atoms. The van der Waals surface area contributed by atoms with Crippen molar-refractivity contribution in [1.29, 1.82) is 0 Å². The number of amides is 1. The molecule has 2 heterocycles. The summed E-state index contributed by atoms with van der Waals surface area (Å²) in [5, 5.41) is 20.3. The van der Waals surface area contributed by atoms with E-state index in [0.29, 0.717) is 16.8 Å². The van der Waals surface area contributed by atoms with Crippen LogP contribution in [0.5, 0.6) is 0 Å². The number of hydrogen-bond acceptors (Lipinski definition) is 4. The van der Waals surface area contributed by atoms with Crippen LogP contribution in [0, 0.1) is 13.8 Å². The van der Waals surface area contributed by atoms with E-state index in [4.69, 9.17) is 0 Å². The van der Waals surface area contributed by atoms with E-state index in [0.717, 1.165) is 11.1 Å². The second-order valence-corrected chi connectivity index (χ2v) is 5.91. The molecule has 2 N–H and O–H groups in total. The summed E-state index contributed by atoms with van der Waals surface area (Å²) in [6.45, 7) is 3.65. The van der Waals surface area contributed by atoms with Gasteiger partial charge in [-0.2, -0.15) is 14.8 Å². The largest absolute Gasteiger partial charge is 0.480 e. The summed E-state index contributed by atoms with van der Waals surface area (Å²) in [5.41, 5.74) is 3.31.